The topological polar surface area (TPSA) is 41.5 Å². The Balaban J connectivity index is 2.44. The van der Waals surface area contributed by atoms with E-state index in [1.54, 1.807) is 0 Å². The van der Waals surface area contributed by atoms with Gasteiger partial charge in [0, 0.05) is 5.69 Å². The lowest BCUT2D eigenvalue weighted by Gasteiger charge is -2.24. The zero-order valence-electron chi connectivity index (χ0n) is 10.2. The first kappa shape index (κ1) is 13.0. The maximum atomic E-state index is 9.24. The third-order valence-electron chi connectivity index (χ3n) is 2.08. The molecule has 0 aliphatic carbocycles. The molecule has 1 unspecified atom stereocenters. The van der Waals surface area contributed by atoms with Gasteiger partial charge in [0.15, 0.2) is 0 Å². The van der Waals surface area contributed by atoms with Gasteiger partial charge in [0.2, 0.25) is 0 Å². The second kappa shape index (κ2) is 5.87. The van der Waals surface area contributed by atoms with Crippen molar-refractivity contribution in [3.8, 4) is 0 Å². The van der Waals surface area contributed by atoms with E-state index in [2.05, 4.69) is 5.32 Å². The van der Waals surface area contributed by atoms with Crippen molar-refractivity contribution in [1.82, 2.24) is 0 Å². The van der Waals surface area contributed by atoms with Crippen molar-refractivity contribution in [2.45, 2.75) is 32.4 Å². The molecule has 1 rings (SSSR count). The van der Waals surface area contributed by atoms with Crippen molar-refractivity contribution < 1.29 is 9.84 Å². The Labute approximate surface area is 97.4 Å². The van der Waals surface area contributed by atoms with Crippen LogP contribution in [0, 0.1) is 0 Å². The zero-order valence-corrected chi connectivity index (χ0v) is 10.2. The largest absolute Gasteiger partial charge is 0.394 e. The summed E-state index contributed by atoms with van der Waals surface area (Å²) in [5.41, 5.74) is 0.824. The lowest BCUT2D eigenvalue weighted by atomic mass is 10.2. The fraction of sp³-hybridized carbons (Fsp3) is 0.538. The number of benzene rings is 1. The molecule has 3 nitrogen and oxygen atoms in total. The molecule has 3 heteroatoms. The fourth-order valence-corrected chi connectivity index (χ4v) is 1.26. The van der Waals surface area contributed by atoms with E-state index in [-0.39, 0.29) is 18.2 Å². The molecule has 0 spiro atoms. The maximum Gasteiger partial charge on any atom is 0.0726 e. The number of ether oxygens (including phenoxy) is 1. The van der Waals surface area contributed by atoms with Gasteiger partial charge in [0.05, 0.1) is 24.9 Å². The normalized spacial score (nSPS) is 13.5. The standard InChI is InChI=1S/C13H21NO2/c1-13(2,3)16-10-12(9-15)14-11-7-5-4-6-8-11/h4-8,12,14-15H,9-10H2,1-3H3. The first-order valence-electron chi connectivity index (χ1n) is 5.57. The summed E-state index contributed by atoms with van der Waals surface area (Å²) in [5.74, 6) is 0. The molecule has 0 saturated heterocycles. The van der Waals surface area contributed by atoms with Crippen molar-refractivity contribution in [3.63, 3.8) is 0 Å². The van der Waals surface area contributed by atoms with Gasteiger partial charge >= 0.3 is 0 Å². The van der Waals surface area contributed by atoms with E-state index in [1.165, 1.54) is 0 Å². The molecule has 0 fully saturated rings. The second-order valence-electron chi connectivity index (χ2n) is 4.81. The molecule has 0 aliphatic heterocycles. The van der Waals surface area contributed by atoms with Gasteiger partial charge in [0.25, 0.3) is 0 Å². The molecule has 0 heterocycles. The average molecular weight is 223 g/mol. The van der Waals surface area contributed by atoms with Crippen LogP contribution in [0.25, 0.3) is 0 Å². The Morgan fingerprint density at radius 2 is 1.88 bits per heavy atom. The maximum absolute atomic E-state index is 9.24. The highest BCUT2D eigenvalue weighted by atomic mass is 16.5. The van der Waals surface area contributed by atoms with Gasteiger partial charge in [-0.2, -0.15) is 0 Å². The van der Waals surface area contributed by atoms with Crippen LogP contribution in [0.4, 0.5) is 5.69 Å². The molecule has 0 amide bonds. The average Bonchev–Trinajstić information content (AvgIpc) is 2.24. The number of hydrogen-bond donors (Lipinski definition) is 2. The summed E-state index contributed by atoms with van der Waals surface area (Å²) in [7, 11) is 0. The number of rotatable bonds is 5. The van der Waals surface area contributed by atoms with Gasteiger partial charge in [-0.1, -0.05) is 18.2 Å². The summed E-state index contributed by atoms with van der Waals surface area (Å²) >= 11 is 0. The van der Waals surface area contributed by atoms with E-state index in [4.69, 9.17) is 4.74 Å². The van der Waals surface area contributed by atoms with E-state index < -0.39 is 0 Å². The third kappa shape index (κ3) is 5.14. The Morgan fingerprint density at radius 3 is 2.38 bits per heavy atom. The van der Waals surface area contributed by atoms with Gasteiger partial charge in [-0.3, -0.25) is 0 Å². The molecular weight excluding hydrogens is 202 g/mol. The van der Waals surface area contributed by atoms with E-state index in [1.807, 2.05) is 51.1 Å². The number of anilines is 1. The number of aliphatic hydroxyl groups is 1. The molecule has 1 atom stereocenters. The minimum Gasteiger partial charge on any atom is -0.394 e. The molecule has 1 aromatic carbocycles. The van der Waals surface area contributed by atoms with Crippen molar-refractivity contribution in [3.05, 3.63) is 30.3 Å². The first-order chi connectivity index (χ1) is 7.51. The van der Waals surface area contributed by atoms with Crippen LogP contribution >= 0.6 is 0 Å². The molecular formula is C13H21NO2. The molecule has 0 aromatic heterocycles. The summed E-state index contributed by atoms with van der Waals surface area (Å²) in [6, 6.07) is 9.76. The highest BCUT2D eigenvalue weighted by Gasteiger charge is 2.14. The monoisotopic (exact) mass is 223 g/mol. The minimum absolute atomic E-state index is 0.0605. The van der Waals surface area contributed by atoms with Crippen molar-refractivity contribution in [1.29, 1.82) is 0 Å². The van der Waals surface area contributed by atoms with Crippen LogP contribution in [0.3, 0.4) is 0 Å². The Hall–Kier alpha value is -1.06. The minimum atomic E-state index is -0.175. The van der Waals surface area contributed by atoms with Gasteiger partial charge in [-0.15, -0.1) is 0 Å². The smallest absolute Gasteiger partial charge is 0.0726 e. The summed E-state index contributed by atoms with van der Waals surface area (Å²) in [5, 5.41) is 12.5. The Bertz CT molecular complexity index is 293. The first-order valence-corrected chi connectivity index (χ1v) is 5.57. The van der Waals surface area contributed by atoms with Gasteiger partial charge in [-0.05, 0) is 32.9 Å². The SMILES string of the molecule is CC(C)(C)OCC(CO)Nc1ccccc1. The van der Waals surface area contributed by atoms with Gasteiger partial charge in [-0.25, -0.2) is 0 Å². The number of nitrogens with one attached hydrogen (secondary N) is 1. The van der Waals surface area contributed by atoms with E-state index in [0.717, 1.165) is 5.69 Å². The highest BCUT2D eigenvalue weighted by molar-refractivity contribution is 5.43. The second-order valence-corrected chi connectivity index (χ2v) is 4.81. The Kier molecular flexibility index (Phi) is 4.77. The van der Waals surface area contributed by atoms with Crippen LogP contribution in [0.1, 0.15) is 20.8 Å². The number of hydrogen-bond acceptors (Lipinski definition) is 3. The summed E-state index contributed by atoms with van der Waals surface area (Å²) in [4.78, 5) is 0. The van der Waals surface area contributed by atoms with E-state index in [9.17, 15) is 5.11 Å². The van der Waals surface area contributed by atoms with Crippen LogP contribution in [0.15, 0.2) is 30.3 Å². The van der Waals surface area contributed by atoms with Crippen molar-refractivity contribution in [2.24, 2.45) is 0 Å². The molecule has 0 aliphatic rings. The Morgan fingerprint density at radius 1 is 1.25 bits per heavy atom. The van der Waals surface area contributed by atoms with Crippen LogP contribution in [0.5, 0.6) is 0 Å². The zero-order chi connectivity index (χ0) is 12.0. The predicted molar refractivity (Wildman–Crippen MR) is 66.6 cm³/mol. The number of para-hydroxylation sites is 1. The third-order valence-corrected chi connectivity index (χ3v) is 2.08. The molecule has 16 heavy (non-hydrogen) atoms. The van der Waals surface area contributed by atoms with Gasteiger partial charge < -0.3 is 15.2 Å². The molecule has 90 valence electrons. The number of aliphatic hydroxyl groups excluding tert-OH is 1. The summed E-state index contributed by atoms with van der Waals surface area (Å²) < 4.78 is 5.63. The lowest BCUT2D eigenvalue weighted by molar-refractivity contribution is -0.0131. The molecule has 0 saturated carbocycles. The summed E-state index contributed by atoms with van der Waals surface area (Å²) in [6.45, 7) is 6.57. The fourth-order valence-electron chi connectivity index (χ4n) is 1.26. The predicted octanol–water partition coefficient (Wildman–Crippen LogP) is 2.27. The lowest BCUT2D eigenvalue weighted by Crippen LogP contribution is -2.33. The van der Waals surface area contributed by atoms with Crippen LogP contribution in [-0.4, -0.2) is 30.0 Å². The van der Waals surface area contributed by atoms with Crippen molar-refractivity contribution >= 4 is 5.69 Å². The van der Waals surface area contributed by atoms with Crippen LogP contribution in [-0.2, 0) is 4.74 Å². The quantitative estimate of drug-likeness (QED) is 0.804. The van der Waals surface area contributed by atoms with Crippen LogP contribution in [0.2, 0.25) is 0 Å². The van der Waals surface area contributed by atoms with Crippen molar-refractivity contribution in [2.75, 3.05) is 18.5 Å². The molecule has 2 N–H and O–H groups in total. The van der Waals surface area contributed by atoms with Crippen LogP contribution < -0.4 is 5.32 Å². The molecule has 0 bridgehead atoms. The molecule has 0 radical (unpaired) electrons. The van der Waals surface area contributed by atoms with E-state index >= 15 is 0 Å². The highest BCUT2D eigenvalue weighted by Crippen LogP contribution is 2.10. The van der Waals surface area contributed by atoms with E-state index in [0.29, 0.717) is 6.61 Å². The summed E-state index contributed by atoms with van der Waals surface area (Å²) in [6.07, 6.45) is 0. The molecule has 1 aromatic rings. The van der Waals surface area contributed by atoms with Gasteiger partial charge in [0.1, 0.15) is 0 Å².